The first-order valence-corrected chi connectivity index (χ1v) is 13.4. The van der Waals surface area contributed by atoms with Gasteiger partial charge in [-0.05, 0) is 30.3 Å². The van der Waals surface area contributed by atoms with E-state index in [1.54, 1.807) is 0 Å². The molecule has 1 aliphatic heterocycles. The standard InChI is InChI=1S/C29H22ClF4N5O4/c30-21-4-2-1-3-20(21)25(26(41)37-18-12-29(33,34)13-18)38(19-9-16(31)8-17(32)10-19)27(42)22-11-23(40)28(43)39(22)24-7-15(14-35)5-6-36-24/h1-10,18,22-23,25,40H,11-13H2,(H,37,41)/t22-,23-,25-/m0/s1. The van der Waals surface area contributed by atoms with Gasteiger partial charge in [-0.3, -0.25) is 24.2 Å². The number of benzene rings is 2. The second kappa shape index (κ2) is 11.6. The Bertz CT molecular complexity index is 1620. The van der Waals surface area contributed by atoms with Crippen molar-refractivity contribution in [3.8, 4) is 6.07 Å². The van der Waals surface area contributed by atoms with Crippen molar-refractivity contribution in [3.05, 3.63) is 88.6 Å². The molecule has 1 aromatic heterocycles. The van der Waals surface area contributed by atoms with Crippen LogP contribution >= 0.6 is 11.6 Å². The zero-order valence-electron chi connectivity index (χ0n) is 22.1. The highest BCUT2D eigenvalue weighted by molar-refractivity contribution is 6.31. The van der Waals surface area contributed by atoms with E-state index >= 15 is 0 Å². The summed E-state index contributed by atoms with van der Waals surface area (Å²) in [6, 6.07) is 8.04. The molecule has 1 saturated heterocycles. The molecule has 1 aliphatic carbocycles. The van der Waals surface area contributed by atoms with Crippen molar-refractivity contribution in [1.29, 1.82) is 5.26 Å². The van der Waals surface area contributed by atoms with Gasteiger partial charge in [0.05, 0.1) is 17.3 Å². The summed E-state index contributed by atoms with van der Waals surface area (Å²) in [7, 11) is 0. The molecule has 1 saturated carbocycles. The maximum atomic E-state index is 14.6. The molecule has 0 unspecified atom stereocenters. The van der Waals surface area contributed by atoms with E-state index in [-0.39, 0.29) is 22.0 Å². The predicted octanol–water partition coefficient (Wildman–Crippen LogP) is 4.04. The van der Waals surface area contributed by atoms with Crippen molar-refractivity contribution in [3.63, 3.8) is 0 Å². The Hall–Kier alpha value is -4.54. The number of pyridine rings is 1. The van der Waals surface area contributed by atoms with Crippen molar-refractivity contribution in [2.45, 2.75) is 49.4 Å². The smallest absolute Gasteiger partial charge is 0.257 e. The topological polar surface area (TPSA) is 127 Å². The van der Waals surface area contributed by atoms with Gasteiger partial charge < -0.3 is 10.4 Å². The van der Waals surface area contributed by atoms with Gasteiger partial charge in [0.25, 0.3) is 17.7 Å². The Morgan fingerprint density at radius 3 is 2.44 bits per heavy atom. The maximum Gasteiger partial charge on any atom is 0.257 e. The summed E-state index contributed by atoms with van der Waals surface area (Å²) in [5, 5.41) is 22.2. The quantitative estimate of drug-likeness (QED) is 0.387. The van der Waals surface area contributed by atoms with Gasteiger partial charge >= 0.3 is 0 Å². The third-order valence-corrected chi connectivity index (χ3v) is 7.54. The van der Waals surface area contributed by atoms with Gasteiger partial charge in [0.1, 0.15) is 35.6 Å². The molecule has 3 amide bonds. The van der Waals surface area contributed by atoms with E-state index in [9.17, 15) is 42.3 Å². The normalized spacial score (nSPS) is 20.2. The summed E-state index contributed by atoms with van der Waals surface area (Å²) >= 11 is 6.42. The Morgan fingerprint density at radius 2 is 1.81 bits per heavy atom. The van der Waals surface area contributed by atoms with Gasteiger partial charge in [-0.25, -0.2) is 22.5 Å². The minimum Gasteiger partial charge on any atom is -0.383 e. The van der Waals surface area contributed by atoms with Crippen LogP contribution in [0.3, 0.4) is 0 Å². The Morgan fingerprint density at radius 1 is 1.14 bits per heavy atom. The highest BCUT2D eigenvalue weighted by atomic mass is 35.5. The molecule has 43 heavy (non-hydrogen) atoms. The number of nitrogens with one attached hydrogen (secondary N) is 1. The number of halogens is 5. The summed E-state index contributed by atoms with van der Waals surface area (Å²) in [6.45, 7) is 0. The number of aliphatic hydroxyl groups excluding tert-OH is 1. The van der Waals surface area contributed by atoms with Crippen molar-refractivity contribution >= 4 is 40.8 Å². The molecular weight excluding hydrogens is 594 g/mol. The number of carbonyl (C=O) groups excluding carboxylic acids is 3. The number of carbonyl (C=O) groups is 3. The van der Waals surface area contributed by atoms with E-state index in [0.717, 1.165) is 21.9 Å². The summed E-state index contributed by atoms with van der Waals surface area (Å²) < 4.78 is 56.3. The van der Waals surface area contributed by atoms with Gasteiger partial charge in [0.15, 0.2) is 0 Å². The molecule has 2 heterocycles. The highest BCUT2D eigenvalue weighted by Crippen LogP contribution is 2.40. The SMILES string of the molecule is N#Cc1ccnc(N2C(=O)[C@@H](O)C[C@H]2C(=O)N(c2cc(F)cc(F)c2)[C@H](C(=O)NC2CC(F)(F)C2)c2ccccc2Cl)c1. The third kappa shape index (κ3) is 6.02. The van der Waals surface area contributed by atoms with Crippen LogP contribution in [0.25, 0.3) is 0 Å². The Kier molecular flexibility index (Phi) is 8.09. The summed E-state index contributed by atoms with van der Waals surface area (Å²) in [5.41, 5.74) is -0.374. The highest BCUT2D eigenvalue weighted by Gasteiger charge is 2.50. The van der Waals surface area contributed by atoms with Crippen LogP contribution < -0.4 is 15.1 Å². The number of hydrogen-bond acceptors (Lipinski definition) is 6. The molecule has 0 bridgehead atoms. The number of nitriles is 1. The molecule has 3 atom stereocenters. The fourth-order valence-electron chi connectivity index (χ4n) is 5.22. The number of alkyl halides is 2. The molecule has 2 N–H and O–H groups in total. The first-order valence-electron chi connectivity index (χ1n) is 13.0. The van der Waals surface area contributed by atoms with Gasteiger partial charge in [-0.15, -0.1) is 0 Å². The summed E-state index contributed by atoms with van der Waals surface area (Å²) in [4.78, 5) is 46.9. The van der Waals surface area contributed by atoms with Gasteiger partial charge in [0, 0.05) is 48.2 Å². The van der Waals surface area contributed by atoms with Crippen LogP contribution in [-0.4, -0.2) is 51.9 Å². The molecule has 0 spiro atoms. The van der Waals surface area contributed by atoms with Crippen LogP contribution in [0.15, 0.2) is 60.8 Å². The number of nitrogens with zero attached hydrogens (tertiary/aromatic N) is 4. The second-order valence-corrected chi connectivity index (χ2v) is 10.6. The monoisotopic (exact) mass is 615 g/mol. The minimum absolute atomic E-state index is 0.00760. The Balaban J connectivity index is 1.65. The van der Waals surface area contributed by atoms with E-state index < -0.39 is 84.5 Å². The fourth-order valence-corrected chi connectivity index (χ4v) is 5.45. The summed E-state index contributed by atoms with van der Waals surface area (Å²) in [6.07, 6.45) is -2.31. The molecular formula is C29H22ClF4N5O4. The van der Waals surface area contributed by atoms with Crippen LogP contribution in [0, 0.1) is 23.0 Å². The second-order valence-electron chi connectivity index (χ2n) is 10.2. The van der Waals surface area contributed by atoms with E-state index in [0.29, 0.717) is 6.07 Å². The number of aromatic nitrogens is 1. The zero-order valence-corrected chi connectivity index (χ0v) is 22.8. The van der Waals surface area contributed by atoms with Crippen molar-refractivity contribution in [1.82, 2.24) is 10.3 Å². The average Bonchev–Trinajstić information content (AvgIpc) is 3.24. The number of amides is 3. The van der Waals surface area contributed by atoms with Crippen LogP contribution in [0.5, 0.6) is 0 Å². The average molecular weight is 616 g/mol. The van der Waals surface area contributed by atoms with E-state index in [1.165, 1.54) is 42.6 Å². The first kappa shape index (κ1) is 29.9. The molecule has 222 valence electrons. The van der Waals surface area contributed by atoms with Crippen LogP contribution in [0.2, 0.25) is 5.02 Å². The molecule has 9 nitrogen and oxygen atoms in total. The van der Waals surface area contributed by atoms with Crippen molar-refractivity contribution in [2.24, 2.45) is 0 Å². The molecule has 0 radical (unpaired) electrons. The van der Waals surface area contributed by atoms with Crippen molar-refractivity contribution in [2.75, 3.05) is 9.80 Å². The van der Waals surface area contributed by atoms with Crippen LogP contribution in [-0.2, 0) is 14.4 Å². The van der Waals surface area contributed by atoms with Gasteiger partial charge in [0.2, 0.25) is 5.91 Å². The predicted molar refractivity (Wildman–Crippen MR) is 145 cm³/mol. The molecule has 2 fully saturated rings. The lowest BCUT2D eigenvalue weighted by molar-refractivity contribution is -0.133. The number of rotatable bonds is 7. The van der Waals surface area contributed by atoms with Crippen LogP contribution in [0.4, 0.5) is 29.1 Å². The third-order valence-electron chi connectivity index (χ3n) is 7.19. The van der Waals surface area contributed by atoms with E-state index in [1.807, 2.05) is 6.07 Å². The van der Waals surface area contributed by atoms with Crippen LogP contribution in [0.1, 0.15) is 36.4 Å². The first-order chi connectivity index (χ1) is 20.4. The number of anilines is 2. The lowest BCUT2D eigenvalue weighted by Crippen LogP contribution is -2.56. The molecule has 2 aliphatic rings. The minimum atomic E-state index is -3.00. The zero-order chi connectivity index (χ0) is 31.1. The Labute approximate surface area is 247 Å². The lowest BCUT2D eigenvalue weighted by Gasteiger charge is -2.39. The molecule has 5 rings (SSSR count). The van der Waals surface area contributed by atoms with Gasteiger partial charge in [-0.2, -0.15) is 5.26 Å². The molecule has 14 heteroatoms. The summed E-state index contributed by atoms with van der Waals surface area (Å²) in [5.74, 6) is -8.36. The van der Waals surface area contributed by atoms with Crippen molar-refractivity contribution < 1.29 is 37.1 Å². The number of hydrogen-bond donors (Lipinski definition) is 2. The van der Waals surface area contributed by atoms with E-state index in [4.69, 9.17) is 11.6 Å². The van der Waals surface area contributed by atoms with E-state index in [2.05, 4.69) is 10.3 Å². The molecule has 2 aromatic carbocycles. The number of aliphatic hydroxyl groups is 1. The largest absolute Gasteiger partial charge is 0.383 e. The molecule has 3 aromatic rings. The lowest BCUT2D eigenvalue weighted by atomic mass is 9.87. The fraction of sp³-hybridized carbons (Fsp3) is 0.276. The maximum absolute atomic E-state index is 14.6. The van der Waals surface area contributed by atoms with Gasteiger partial charge in [-0.1, -0.05) is 29.8 Å².